The van der Waals surface area contributed by atoms with Crippen LogP contribution < -0.4 is 15.6 Å². The number of hydrogen-bond acceptors (Lipinski definition) is 5. The van der Waals surface area contributed by atoms with E-state index in [1.165, 1.54) is 29.1 Å². The standard InChI is InChI=1S/C25H18Br2ClFN4O3/c1-2-22-32-21-7-6-15(26)9-19(21)25(35)33(22)30-12-14-8-16(28)10-20(27)24(14)36-13-23(34)31-18-5-3-4-17(29)11-18/h3-12H,2,13H2,1H3,(H,31,34). The molecular formula is C25H18Br2ClFN4O3. The van der Waals surface area contributed by atoms with Crippen molar-refractivity contribution in [1.82, 2.24) is 9.66 Å². The molecule has 11 heteroatoms. The zero-order valence-electron chi connectivity index (χ0n) is 18.8. The Kier molecular flexibility index (Phi) is 8.17. The Bertz CT molecular complexity index is 1560. The quantitative estimate of drug-likeness (QED) is 0.246. The van der Waals surface area contributed by atoms with Crippen LogP contribution in [-0.2, 0) is 11.2 Å². The molecule has 0 spiro atoms. The van der Waals surface area contributed by atoms with E-state index in [4.69, 9.17) is 16.3 Å². The summed E-state index contributed by atoms with van der Waals surface area (Å²) < 4.78 is 21.6. The number of rotatable bonds is 7. The molecule has 1 amide bonds. The van der Waals surface area contributed by atoms with Gasteiger partial charge in [-0.1, -0.05) is 40.5 Å². The third-order valence-corrected chi connectivity index (χ3v) is 6.30. The summed E-state index contributed by atoms with van der Waals surface area (Å²) in [6.07, 6.45) is 1.89. The predicted molar refractivity (Wildman–Crippen MR) is 146 cm³/mol. The molecule has 0 atom stereocenters. The van der Waals surface area contributed by atoms with Crippen molar-refractivity contribution in [3.8, 4) is 5.75 Å². The van der Waals surface area contributed by atoms with Crippen LogP contribution in [0.5, 0.6) is 5.75 Å². The third kappa shape index (κ3) is 6.00. The Hall–Kier alpha value is -3.08. The van der Waals surface area contributed by atoms with Crippen LogP contribution in [0.4, 0.5) is 10.1 Å². The lowest BCUT2D eigenvalue weighted by Gasteiger charge is -2.13. The van der Waals surface area contributed by atoms with Crippen LogP contribution in [0, 0.1) is 5.82 Å². The van der Waals surface area contributed by atoms with Crippen molar-refractivity contribution in [2.45, 2.75) is 13.3 Å². The highest BCUT2D eigenvalue weighted by Gasteiger charge is 2.14. The number of benzene rings is 3. The molecule has 7 nitrogen and oxygen atoms in total. The van der Waals surface area contributed by atoms with Crippen LogP contribution in [0.15, 0.2) is 73.4 Å². The summed E-state index contributed by atoms with van der Waals surface area (Å²) in [5.74, 6) is -0.187. The number of anilines is 1. The van der Waals surface area contributed by atoms with Gasteiger partial charge in [0.25, 0.3) is 11.5 Å². The molecule has 0 fully saturated rings. The van der Waals surface area contributed by atoms with Gasteiger partial charge in [0.1, 0.15) is 17.4 Å². The van der Waals surface area contributed by atoms with Gasteiger partial charge in [0, 0.05) is 27.2 Å². The third-order valence-electron chi connectivity index (χ3n) is 5.00. The van der Waals surface area contributed by atoms with Crippen molar-refractivity contribution in [1.29, 1.82) is 0 Å². The lowest BCUT2D eigenvalue weighted by atomic mass is 10.2. The van der Waals surface area contributed by atoms with Gasteiger partial charge >= 0.3 is 0 Å². The van der Waals surface area contributed by atoms with E-state index in [1.54, 1.807) is 30.3 Å². The van der Waals surface area contributed by atoms with Gasteiger partial charge in [-0.25, -0.2) is 9.37 Å². The van der Waals surface area contributed by atoms with Gasteiger partial charge in [0.05, 0.1) is 21.6 Å². The average molecular weight is 637 g/mol. The van der Waals surface area contributed by atoms with E-state index in [0.717, 1.165) is 4.47 Å². The molecule has 0 unspecified atom stereocenters. The maximum absolute atomic E-state index is 13.4. The average Bonchev–Trinajstić information content (AvgIpc) is 2.83. The Labute approximate surface area is 227 Å². The minimum atomic E-state index is -0.487. The number of amides is 1. The minimum Gasteiger partial charge on any atom is -0.482 e. The van der Waals surface area contributed by atoms with Gasteiger partial charge in [0.2, 0.25) is 0 Å². The summed E-state index contributed by atoms with van der Waals surface area (Å²) in [5.41, 5.74) is 0.983. The number of ether oxygens (including phenoxy) is 1. The van der Waals surface area contributed by atoms with Crippen LogP contribution in [0.1, 0.15) is 18.3 Å². The summed E-state index contributed by atoms with van der Waals surface area (Å²) >= 11 is 13.0. The molecule has 4 rings (SSSR count). The van der Waals surface area contributed by atoms with Crippen molar-refractivity contribution >= 4 is 72.2 Å². The van der Waals surface area contributed by atoms with Crippen LogP contribution in [0.25, 0.3) is 10.9 Å². The van der Waals surface area contributed by atoms with E-state index in [2.05, 4.69) is 47.3 Å². The van der Waals surface area contributed by atoms with Crippen LogP contribution >= 0.6 is 43.5 Å². The van der Waals surface area contributed by atoms with E-state index in [1.807, 2.05) is 13.0 Å². The van der Waals surface area contributed by atoms with Gasteiger partial charge in [-0.05, 0) is 64.5 Å². The predicted octanol–water partition coefficient (Wildman–Crippen LogP) is 6.18. The van der Waals surface area contributed by atoms with Gasteiger partial charge in [0.15, 0.2) is 6.61 Å². The van der Waals surface area contributed by atoms with Gasteiger partial charge in [-0.2, -0.15) is 9.78 Å². The number of aromatic nitrogens is 2. The summed E-state index contributed by atoms with van der Waals surface area (Å²) in [6, 6.07) is 14.0. The van der Waals surface area contributed by atoms with Crippen LogP contribution in [-0.4, -0.2) is 28.4 Å². The molecule has 0 bridgehead atoms. The molecule has 0 aliphatic heterocycles. The minimum absolute atomic E-state index is 0.292. The Morgan fingerprint density at radius 3 is 2.78 bits per heavy atom. The Balaban J connectivity index is 1.64. The fraction of sp³-hybridized carbons (Fsp3) is 0.120. The molecule has 0 saturated heterocycles. The lowest BCUT2D eigenvalue weighted by molar-refractivity contribution is -0.118. The molecule has 1 heterocycles. The molecule has 184 valence electrons. The Morgan fingerprint density at radius 1 is 1.22 bits per heavy atom. The van der Waals surface area contributed by atoms with Crippen LogP contribution in [0.3, 0.4) is 0 Å². The molecule has 1 aromatic heterocycles. The van der Waals surface area contributed by atoms with Crippen molar-refractivity contribution in [2.75, 3.05) is 11.9 Å². The topological polar surface area (TPSA) is 85.6 Å². The van der Waals surface area contributed by atoms with Gasteiger partial charge < -0.3 is 10.1 Å². The summed E-state index contributed by atoms with van der Waals surface area (Å²) in [7, 11) is 0. The second-order valence-electron chi connectivity index (χ2n) is 7.56. The molecule has 0 aliphatic carbocycles. The molecule has 0 radical (unpaired) electrons. The fourth-order valence-electron chi connectivity index (χ4n) is 3.39. The first-order valence-electron chi connectivity index (χ1n) is 10.7. The maximum Gasteiger partial charge on any atom is 0.282 e. The fourth-order valence-corrected chi connectivity index (χ4v) is 4.70. The lowest BCUT2D eigenvalue weighted by Crippen LogP contribution is -2.22. The number of fused-ring (bicyclic) bond motifs is 1. The number of nitrogens with one attached hydrogen (secondary N) is 1. The molecule has 3 aromatic carbocycles. The number of carbonyl (C=O) groups excluding carboxylic acids is 1. The summed E-state index contributed by atoms with van der Waals surface area (Å²) in [5, 5.41) is 7.75. The number of hydrogen-bond donors (Lipinski definition) is 1. The zero-order valence-corrected chi connectivity index (χ0v) is 22.7. The summed E-state index contributed by atoms with van der Waals surface area (Å²) in [4.78, 5) is 30.1. The van der Waals surface area contributed by atoms with E-state index < -0.39 is 11.7 Å². The normalized spacial score (nSPS) is 11.2. The summed E-state index contributed by atoms with van der Waals surface area (Å²) in [6.45, 7) is 1.52. The van der Waals surface area contributed by atoms with Crippen molar-refractivity contribution in [2.24, 2.45) is 5.10 Å². The van der Waals surface area contributed by atoms with Gasteiger partial charge in [-0.15, -0.1) is 0 Å². The highest BCUT2D eigenvalue weighted by atomic mass is 79.9. The second kappa shape index (κ2) is 11.3. The van der Waals surface area contributed by atoms with Crippen molar-refractivity contribution in [3.63, 3.8) is 0 Å². The van der Waals surface area contributed by atoms with E-state index >= 15 is 0 Å². The number of nitrogens with zero attached hydrogens (tertiary/aromatic N) is 3. The van der Waals surface area contributed by atoms with E-state index in [-0.39, 0.29) is 12.2 Å². The SMILES string of the molecule is CCc1nc2ccc(Br)cc2c(=O)n1N=Cc1cc(Cl)cc(Br)c1OCC(=O)Nc1cccc(F)c1. The second-order valence-corrected chi connectivity index (χ2v) is 9.76. The molecule has 36 heavy (non-hydrogen) atoms. The first-order valence-corrected chi connectivity index (χ1v) is 12.6. The molecule has 0 aliphatic rings. The van der Waals surface area contributed by atoms with Crippen molar-refractivity contribution < 1.29 is 13.9 Å². The maximum atomic E-state index is 13.4. The molecule has 1 N–H and O–H groups in total. The molecular weight excluding hydrogens is 619 g/mol. The van der Waals surface area contributed by atoms with E-state index in [9.17, 15) is 14.0 Å². The monoisotopic (exact) mass is 634 g/mol. The largest absolute Gasteiger partial charge is 0.482 e. The first-order chi connectivity index (χ1) is 17.2. The number of carbonyl (C=O) groups is 1. The highest BCUT2D eigenvalue weighted by molar-refractivity contribution is 9.10. The van der Waals surface area contributed by atoms with Crippen LogP contribution in [0.2, 0.25) is 5.02 Å². The molecule has 4 aromatic rings. The molecule has 0 saturated carbocycles. The van der Waals surface area contributed by atoms with Crippen molar-refractivity contribution in [3.05, 3.63) is 96.1 Å². The van der Waals surface area contributed by atoms with E-state index in [0.29, 0.717) is 49.6 Å². The Morgan fingerprint density at radius 2 is 2.03 bits per heavy atom. The number of halogens is 4. The zero-order chi connectivity index (χ0) is 25.8. The number of aryl methyl sites for hydroxylation is 1. The van der Waals surface area contributed by atoms with Gasteiger partial charge in [-0.3, -0.25) is 9.59 Å². The smallest absolute Gasteiger partial charge is 0.282 e. The first kappa shape index (κ1) is 26.0. The highest BCUT2D eigenvalue weighted by Crippen LogP contribution is 2.32.